The largest absolute Gasteiger partial charge is 0.356 e. The quantitative estimate of drug-likeness (QED) is 0.446. The Morgan fingerprint density at radius 1 is 1.35 bits per heavy atom. The highest BCUT2D eigenvalue weighted by Crippen LogP contribution is 2.40. The number of rotatable bonds is 5. The third-order valence-electron chi connectivity index (χ3n) is 5.63. The van der Waals surface area contributed by atoms with Crippen molar-refractivity contribution in [2.45, 2.75) is 33.2 Å². The van der Waals surface area contributed by atoms with Gasteiger partial charge in [-0.1, -0.05) is 37.3 Å². The average molecular weight is 356 g/mol. The molecule has 1 spiro atoms. The minimum absolute atomic E-state index is 0.150. The Morgan fingerprint density at radius 2 is 2.12 bits per heavy atom. The van der Waals surface area contributed by atoms with Crippen LogP contribution in [0.5, 0.6) is 0 Å². The molecule has 140 valence electrons. The minimum atomic E-state index is -0.150. The lowest BCUT2D eigenvalue weighted by atomic mass is 9.79. The molecular formula is C22H30FN3. The van der Waals surface area contributed by atoms with Crippen LogP contribution in [0.2, 0.25) is 0 Å². The molecule has 0 radical (unpaired) electrons. The number of amidine groups is 1. The summed E-state index contributed by atoms with van der Waals surface area (Å²) < 4.78 is 13.4. The molecule has 3 nitrogen and oxygen atoms in total. The molecule has 0 saturated carbocycles. The molecule has 0 aromatic heterocycles. The van der Waals surface area contributed by atoms with Crippen LogP contribution in [0.4, 0.5) is 4.39 Å². The summed E-state index contributed by atoms with van der Waals surface area (Å²) in [6, 6.07) is 6.94. The van der Waals surface area contributed by atoms with E-state index >= 15 is 0 Å². The third-order valence-corrected chi connectivity index (χ3v) is 5.63. The van der Waals surface area contributed by atoms with Crippen LogP contribution in [-0.4, -0.2) is 48.9 Å². The van der Waals surface area contributed by atoms with Crippen molar-refractivity contribution in [1.82, 2.24) is 9.80 Å². The van der Waals surface area contributed by atoms with E-state index in [1.165, 1.54) is 18.1 Å². The van der Waals surface area contributed by atoms with Gasteiger partial charge in [-0.15, -0.1) is 0 Å². The van der Waals surface area contributed by atoms with Crippen molar-refractivity contribution in [1.29, 1.82) is 0 Å². The molecule has 1 aromatic rings. The minimum Gasteiger partial charge on any atom is -0.356 e. The van der Waals surface area contributed by atoms with Gasteiger partial charge in [-0.3, -0.25) is 9.89 Å². The molecule has 2 heterocycles. The molecule has 26 heavy (non-hydrogen) atoms. The summed E-state index contributed by atoms with van der Waals surface area (Å²) in [5.41, 5.74) is 3.75. The van der Waals surface area contributed by atoms with Crippen molar-refractivity contribution >= 4 is 5.84 Å². The highest BCUT2D eigenvalue weighted by molar-refractivity contribution is 6.00. The normalized spacial score (nSPS) is 20.5. The van der Waals surface area contributed by atoms with Crippen LogP contribution in [0.3, 0.4) is 0 Å². The van der Waals surface area contributed by atoms with Crippen LogP contribution in [-0.2, 0) is 6.54 Å². The van der Waals surface area contributed by atoms with Gasteiger partial charge in [-0.2, -0.15) is 0 Å². The first-order valence-electron chi connectivity index (χ1n) is 9.50. The van der Waals surface area contributed by atoms with E-state index in [-0.39, 0.29) is 5.82 Å². The number of hydrogen-bond donors (Lipinski definition) is 0. The van der Waals surface area contributed by atoms with E-state index in [0.29, 0.717) is 5.41 Å². The Morgan fingerprint density at radius 3 is 2.77 bits per heavy atom. The summed E-state index contributed by atoms with van der Waals surface area (Å²) >= 11 is 0. The lowest BCUT2D eigenvalue weighted by molar-refractivity contribution is 0.00588. The van der Waals surface area contributed by atoms with Gasteiger partial charge in [-0.05, 0) is 37.5 Å². The molecule has 2 aliphatic rings. The zero-order valence-electron chi connectivity index (χ0n) is 16.3. The van der Waals surface area contributed by atoms with Crippen LogP contribution in [0.15, 0.2) is 53.1 Å². The first-order chi connectivity index (χ1) is 12.4. The first-order valence-corrected chi connectivity index (χ1v) is 9.50. The van der Waals surface area contributed by atoms with Crippen molar-refractivity contribution in [3.05, 3.63) is 59.4 Å². The first kappa shape index (κ1) is 18.8. The fourth-order valence-corrected chi connectivity index (χ4v) is 4.23. The van der Waals surface area contributed by atoms with Gasteiger partial charge < -0.3 is 4.90 Å². The summed E-state index contributed by atoms with van der Waals surface area (Å²) in [7, 11) is 1.86. The van der Waals surface area contributed by atoms with Crippen molar-refractivity contribution in [2.75, 3.05) is 33.2 Å². The molecule has 0 aliphatic carbocycles. The number of likely N-dealkylation sites (tertiary alicyclic amines) is 2. The third kappa shape index (κ3) is 4.07. The van der Waals surface area contributed by atoms with Crippen LogP contribution >= 0.6 is 0 Å². The van der Waals surface area contributed by atoms with E-state index in [1.807, 2.05) is 13.1 Å². The molecule has 1 aromatic carbocycles. The fourth-order valence-electron chi connectivity index (χ4n) is 4.23. The van der Waals surface area contributed by atoms with Crippen LogP contribution in [0.1, 0.15) is 32.3 Å². The zero-order valence-corrected chi connectivity index (χ0v) is 16.3. The second kappa shape index (κ2) is 7.75. The smallest absolute Gasteiger partial charge is 0.130 e. The molecule has 2 aliphatic heterocycles. The summed E-state index contributed by atoms with van der Waals surface area (Å²) in [5, 5.41) is 0. The van der Waals surface area contributed by atoms with Crippen molar-refractivity contribution in [2.24, 2.45) is 10.4 Å². The summed E-state index contributed by atoms with van der Waals surface area (Å²) in [6.07, 6.45) is 4.38. The van der Waals surface area contributed by atoms with E-state index in [2.05, 4.69) is 41.3 Å². The standard InChI is InChI=1S/C22H30FN3/c1-5-17(2)11-18(3)21(24-4)26-10-9-22(16-26)14-25(15-22)13-19-7-6-8-20(23)12-19/h6-8,11-12H,3,5,9-10,13-16H2,1-2,4H3/b17-11+,24-21?. The SMILES string of the molecule is C=C(/C=C(\C)CC)C(=NC)N1CCC2(CN(Cc3cccc(F)c3)C2)C1. The molecule has 3 rings (SSSR count). The summed E-state index contributed by atoms with van der Waals surface area (Å²) in [5.74, 6) is 0.876. The molecule has 0 amide bonds. The number of allylic oxidation sites excluding steroid dienone is 1. The second-order valence-corrected chi connectivity index (χ2v) is 7.86. The van der Waals surface area contributed by atoms with Gasteiger partial charge in [0.1, 0.15) is 11.7 Å². The Labute approximate surface area is 156 Å². The van der Waals surface area contributed by atoms with Gasteiger partial charge in [0.25, 0.3) is 0 Å². The lowest BCUT2D eigenvalue weighted by Crippen LogP contribution is -2.57. The predicted molar refractivity (Wildman–Crippen MR) is 107 cm³/mol. The predicted octanol–water partition coefficient (Wildman–Crippen LogP) is 4.27. The number of hydrogen-bond acceptors (Lipinski definition) is 2. The Kier molecular flexibility index (Phi) is 5.61. The Hall–Kier alpha value is -1.94. The van der Waals surface area contributed by atoms with Crippen molar-refractivity contribution < 1.29 is 4.39 Å². The Bertz CT molecular complexity index is 729. The lowest BCUT2D eigenvalue weighted by Gasteiger charge is -2.48. The van der Waals surface area contributed by atoms with E-state index in [4.69, 9.17) is 0 Å². The molecule has 0 atom stereocenters. The van der Waals surface area contributed by atoms with Gasteiger partial charge in [0, 0.05) is 50.8 Å². The molecule has 2 saturated heterocycles. The molecular weight excluding hydrogens is 325 g/mol. The van der Waals surface area contributed by atoms with Gasteiger partial charge in [0.2, 0.25) is 0 Å². The molecule has 4 heteroatoms. The molecule has 0 N–H and O–H groups in total. The van der Waals surface area contributed by atoms with Crippen molar-refractivity contribution in [3.8, 4) is 0 Å². The van der Waals surface area contributed by atoms with Gasteiger partial charge in [-0.25, -0.2) is 4.39 Å². The van der Waals surface area contributed by atoms with Gasteiger partial charge >= 0.3 is 0 Å². The number of aliphatic imine (C=N–C) groups is 1. The molecule has 2 fully saturated rings. The summed E-state index contributed by atoms with van der Waals surface area (Å²) in [6.45, 7) is 13.6. The maximum absolute atomic E-state index is 13.4. The number of benzene rings is 1. The monoisotopic (exact) mass is 355 g/mol. The highest BCUT2D eigenvalue weighted by Gasteiger charge is 2.48. The van der Waals surface area contributed by atoms with E-state index < -0.39 is 0 Å². The van der Waals surface area contributed by atoms with Crippen molar-refractivity contribution in [3.63, 3.8) is 0 Å². The number of nitrogens with zero attached hydrogens (tertiary/aromatic N) is 3. The maximum Gasteiger partial charge on any atom is 0.130 e. The zero-order chi connectivity index (χ0) is 18.7. The highest BCUT2D eigenvalue weighted by atomic mass is 19.1. The topological polar surface area (TPSA) is 18.8 Å². The Balaban J connectivity index is 1.57. The maximum atomic E-state index is 13.4. The van der Waals surface area contributed by atoms with Crippen LogP contribution < -0.4 is 0 Å². The van der Waals surface area contributed by atoms with Gasteiger partial charge in [0.15, 0.2) is 0 Å². The molecule has 0 unspecified atom stereocenters. The average Bonchev–Trinajstić information content (AvgIpc) is 3.00. The van der Waals surface area contributed by atoms with Gasteiger partial charge in [0.05, 0.1) is 0 Å². The van der Waals surface area contributed by atoms with E-state index in [9.17, 15) is 4.39 Å². The van der Waals surface area contributed by atoms with E-state index in [0.717, 1.165) is 56.1 Å². The fraction of sp³-hybridized carbons (Fsp3) is 0.500. The second-order valence-electron chi connectivity index (χ2n) is 7.86. The number of halogens is 1. The van der Waals surface area contributed by atoms with E-state index in [1.54, 1.807) is 12.1 Å². The molecule has 0 bridgehead atoms. The van der Waals surface area contributed by atoms with Crippen LogP contribution in [0.25, 0.3) is 0 Å². The summed E-state index contributed by atoms with van der Waals surface area (Å²) in [4.78, 5) is 9.32. The van der Waals surface area contributed by atoms with Crippen LogP contribution in [0, 0.1) is 11.2 Å².